The SMILES string of the molecule is Cc1nc(S(=O)(=O)N2CC[C@H](N)C2)cn1C. The Hall–Kier alpha value is -0.920. The molecule has 2 rings (SSSR count). The number of aryl methyl sites for hydroxylation is 2. The maximum Gasteiger partial charge on any atom is 0.262 e. The average Bonchev–Trinajstić information content (AvgIpc) is 2.75. The molecule has 0 saturated carbocycles. The van der Waals surface area contributed by atoms with E-state index >= 15 is 0 Å². The zero-order chi connectivity index (χ0) is 11.9. The maximum absolute atomic E-state index is 12.1. The summed E-state index contributed by atoms with van der Waals surface area (Å²) < 4.78 is 27.4. The fraction of sp³-hybridized carbons (Fsp3) is 0.667. The molecule has 1 aliphatic heterocycles. The molecule has 0 aromatic carbocycles. The van der Waals surface area contributed by atoms with Crippen LogP contribution in [0.4, 0.5) is 0 Å². The maximum atomic E-state index is 12.1. The minimum atomic E-state index is -3.45. The molecule has 1 fully saturated rings. The minimum absolute atomic E-state index is 0.0559. The molecule has 1 aromatic heterocycles. The van der Waals surface area contributed by atoms with Crippen LogP contribution in [0.3, 0.4) is 0 Å². The Morgan fingerprint density at radius 3 is 2.69 bits per heavy atom. The van der Waals surface area contributed by atoms with Crippen LogP contribution in [0.15, 0.2) is 11.2 Å². The van der Waals surface area contributed by atoms with Gasteiger partial charge in [0.25, 0.3) is 10.0 Å². The van der Waals surface area contributed by atoms with Crippen LogP contribution in [0, 0.1) is 6.92 Å². The molecule has 6 nitrogen and oxygen atoms in total. The summed E-state index contributed by atoms with van der Waals surface area (Å²) in [5, 5.41) is 0.113. The van der Waals surface area contributed by atoms with E-state index in [1.165, 1.54) is 10.5 Å². The van der Waals surface area contributed by atoms with Crippen LogP contribution in [0.1, 0.15) is 12.2 Å². The van der Waals surface area contributed by atoms with Gasteiger partial charge in [0.15, 0.2) is 5.03 Å². The molecule has 1 atom stereocenters. The number of nitrogens with two attached hydrogens (primary N) is 1. The van der Waals surface area contributed by atoms with E-state index < -0.39 is 10.0 Å². The summed E-state index contributed by atoms with van der Waals surface area (Å²) in [4.78, 5) is 4.04. The third-order valence-electron chi connectivity index (χ3n) is 2.88. The number of nitrogens with zero attached hydrogens (tertiary/aromatic N) is 3. The summed E-state index contributed by atoms with van der Waals surface area (Å²) in [6.07, 6.45) is 2.25. The van der Waals surface area contributed by atoms with Crippen molar-refractivity contribution >= 4 is 10.0 Å². The van der Waals surface area contributed by atoms with Gasteiger partial charge in [-0.25, -0.2) is 13.4 Å². The van der Waals surface area contributed by atoms with Gasteiger partial charge in [-0.15, -0.1) is 0 Å². The van der Waals surface area contributed by atoms with Crippen molar-refractivity contribution in [2.75, 3.05) is 13.1 Å². The summed E-state index contributed by atoms with van der Waals surface area (Å²) in [7, 11) is -1.68. The van der Waals surface area contributed by atoms with Gasteiger partial charge in [-0.1, -0.05) is 0 Å². The molecule has 0 amide bonds. The van der Waals surface area contributed by atoms with Crippen LogP contribution in [-0.4, -0.2) is 41.4 Å². The second-order valence-electron chi connectivity index (χ2n) is 4.15. The van der Waals surface area contributed by atoms with E-state index in [0.29, 0.717) is 25.3 Å². The van der Waals surface area contributed by atoms with Crippen molar-refractivity contribution in [1.29, 1.82) is 0 Å². The Labute approximate surface area is 95.1 Å². The zero-order valence-electron chi connectivity index (χ0n) is 9.42. The summed E-state index contributed by atoms with van der Waals surface area (Å²) >= 11 is 0. The summed E-state index contributed by atoms with van der Waals surface area (Å²) in [6, 6.07) is -0.0559. The lowest BCUT2D eigenvalue weighted by atomic mass is 10.3. The highest BCUT2D eigenvalue weighted by Gasteiger charge is 2.32. The number of rotatable bonds is 2. The van der Waals surface area contributed by atoms with Gasteiger partial charge in [0, 0.05) is 32.4 Å². The van der Waals surface area contributed by atoms with E-state index in [4.69, 9.17) is 5.73 Å². The van der Waals surface area contributed by atoms with Crippen molar-refractivity contribution in [2.24, 2.45) is 12.8 Å². The van der Waals surface area contributed by atoms with E-state index in [1.54, 1.807) is 18.5 Å². The van der Waals surface area contributed by atoms with Gasteiger partial charge >= 0.3 is 0 Å². The average molecular weight is 244 g/mol. The van der Waals surface area contributed by atoms with Crippen molar-refractivity contribution in [1.82, 2.24) is 13.9 Å². The lowest BCUT2D eigenvalue weighted by molar-refractivity contribution is 0.470. The highest BCUT2D eigenvalue weighted by molar-refractivity contribution is 7.89. The molecule has 2 heterocycles. The first-order chi connectivity index (χ1) is 7.41. The van der Waals surface area contributed by atoms with Crippen LogP contribution in [0.5, 0.6) is 0 Å². The monoisotopic (exact) mass is 244 g/mol. The van der Waals surface area contributed by atoms with E-state index in [9.17, 15) is 8.42 Å². The lowest BCUT2D eigenvalue weighted by Crippen LogP contribution is -2.32. The molecule has 0 bridgehead atoms. The number of aromatic nitrogens is 2. The van der Waals surface area contributed by atoms with Crippen molar-refractivity contribution in [3.8, 4) is 0 Å². The summed E-state index contributed by atoms with van der Waals surface area (Å²) in [5.41, 5.74) is 5.70. The number of sulfonamides is 1. The third kappa shape index (κ3) is 1.85. The molecule has 1 aromatic rings. The van der Waals surface area contributed by atoms with E-state index in [1.807, 2.05) is 0 Å². The minimum Gasteiger partial charge on any atom is -0.337 e. The van der Waals surface area contributed by atoms with Crippen LogP contribution in [0.2, 0.25) is 0 Å². The molecule has 16 heavy (non-hydrogen) atoms. The molecule has 0 aliphatic carbocycles. The van der Waals surface area contributed by atoms with Crippen molar-refractivity contribution in [3.63, 3.8) is 0 Å². The second-order valence-corrected chi connectivity index (χ2v) is 6.03. The van der Waals surface area contributed by atoms with Gasteiger partial charge in [-0.2, -0.15) is 4.31 Å². The first-order valence-electron chi connectivity index (χ1n) is 5.17. The van der Waals surface area contributed by atoms with Gasteiger partial charge < -0.3 is 10.3 Å². The Balaban J connectivity index is 2.32. The normalized spacial score (nSPS) is 22.8. The standard InChI is InChI=1S/C9H16N4O2S/c1-7-11-9(6-12(7)2)16(14,15)13-4-3-8(10)5-13/h6,8H,3-5,10H2,1-2H3/t8-/m0/s1. The number of hydrogen-bond acceptors (Lipinski definition) is 4. The highest BCUT2D eigenvalue weighted by Crippen LogP contribution is 2.19. The largest absolute Gasteiger partial charge is 0.337 e. The van der Waals surface area contributed by atoms with Crippen molar-refractivity contribution < 1.29 is 8.42 Å². The van der Waals surface area contributed by atoms with E-state index in [0.717, 1.165) is 0 Å². The van der Waals surface area contributed by atoms with E-state index in [2.05, 4.69) is 4.98 Å². The van der Waals surface area contributed by atoms with Gasteiger partial charge in [0.05, 0.1) is 0 Å². The van der Waals surface area contributed by atoms with Crippen LogP contribution in [0.25, 0.3) is 0 Å². The molecule has 1 saturated heterocycles. The van der Waals surface area contributed by atoms with Crippen LogP contribution < -0.4 is 5.73 Å². The Kier molecular flexibility index (Phi) is 2.77. The fourth-order valence-corrected chi connectivity index (χ4v) is 3.29. The van der Waals surface area contributed by atoms with Crippen molar-refractivity contribution in [2.45, 2.75) is 24.4 Å². The van der Waals surface area contributed by atoms with Crippen molar-refractivity contribution in [3.05, 3.63) is 12.0 Å². The first kappa shape index (κ1) is 11.6. The highest BCUT2D eigenvalue weighted by atomic mass is 32.2. The summed E-state index contributed by atoms with van der Waals surface area (Å²) in [5.74, 6) is 0.682. The van der Waals surface area contributed by atoms with Gasteiger partial charge in [0.2, 0.25) is 0 Å². The molecule has 2 N–H and O–H groups in total. The summed E-state index contributed by atoms with van der Waals surface area (Å²) in [6.45, 7) is 2.64. The third-order valence-corrected chi connectivity index (χ3v) is 4.61. The molecule has 7 heteroatoms. The quantitative estimate of drug-likeness (QED) is 0.757. The molecule has 0 spiro atoms. The zero-order valence-corrected chi connectivity index (χ0v) is 10.2. The van der Waals surface area contributed by atoms with Crippen LogP contribution in [-0.2, 0) is 17.1 Å². The lowest BCUT2D eigenvalue weighted by Gasteiger charge is -2.13. The predicted molar refractivity (Wildman–Crippen MR) is 59.3 cm³/mol. The van der Waals surface area contributed by atoms with Gasteiger partial charge in [-0.3, -0.25) is 0 Å². The molecular weight excluding hydrogens is 228 g/mol. The van der Waals surface area contributed by atoms with Crippen LogP contribution >= 0.6 is 0 Å². The predicted octanol–water partition coefficient (Wildman–Crippen LogP) is -0.550. The first-order valence-corrected chi connectivity index (χ1v) is 6.61. The molecule has 90 valence electrons. The molecule has 0 radical (unpaired) electrons. The molecular formula is C9H16N4O2S. The molecule has 1 aliphatic rings. The fourth-order valence-electron chi connectivity index (χ4n) is 1.76. The van der Waals surface area contributed by atoms with Gasteiger partial charge in [-0.05, 0) is 13.3 Å². The topological polar surface area (TPSA) is 81.2 Å². The molecule has 0 unspecified atom stereocenters. The number of hydrogen-bond donors (Lipinski definition) is 1. The Morgan fingerprint density at radius 2 is 2.25 bits per heavy atom. The van der Waals surface area contributed by atoms with Gasteiger partial charge in [0.1, 0.15) is 5.82 Å². The van der Waals surface area contributed by atoms with E-state index in [-0.39, 0.29) is 11.1 Å². The smallest absolute Gasteiger partial charge is 0.262 e. The number of imidazole rings is 1. The second kappa shape index (κ2) is 3.83. The Morgan fingerprint density at radius 1 is 1.56 bits per heavy atom. The Bertz CT molecular complexity index is 474.